The van der Waals surface area contributed by atoms with Gasteiger partial charge in [0, 0.05) is 25.8 Å². The molecule has 0 bridgehead atoms. The van der Waals surface area contributed by atoms with Crippen LogP contribution in [-0.2, 0) is 13.1 Å². The Bertz CT molecular complexity index is 952. The number of pyridine rings is 1. The Morgan fingerprint density at radius 2 is 2.00 bits per heavy atom. The molecule has 0 atom stereocenters. The summed E-state index contributed by atoms with van der Waals surface area (Å²) in [5.74, 6) is 0.596. The number of unbranched alkanes of at least 4 members (excludes halogenated alkanes) is 2. The molecule has 0 unspecified atom stereocenters. The number of hydrogen-bond donors (Lipinski definition) is 3. The lowest BCUT2D eigenvalue weighted by atomic mass is 10.2. The Morgan fingerprint density at radius 1 is 1.15 bits per heavy atom. The Kier molecular flexibility index (Phi) is 6.19. The van der Waals surface area contributed by atoms with Crippen molar-refractivity contribution in [3.63, 3.8) is 0 Å². The minimum Gasteiger partial charge on any atom is -0.396 e. The standard InChI is InChI=1S/C18H20Cl2N4O2/c19-13-5-4-12(8-14(13)20)10-21-16-9-15-17(18(26)23-16)24(11-22-15)6-2-1-3-7-25/h4-5,8-9,11,25H,1-3,6-7,10H2,(H2,21,23,26). The van der Waals surface area contributed by atoms with Gasteiger partial charge in [0.2, 0.25) is 0 Å². The SMILES string of the molecule is O=c1[nH]c(NCc2ccc(Cl)c(Cl)c2)cc2ncn(CCCCCO)c12. The third-order valence-electron chi connectivity index (χ3n) is 4.13. The number of aromatic nitrogens is 3. The number of rotatable bonds is 8. The predicted octanol–water partition coefficient (Wildman–Crippen LogP) is 3.81. The maximum Gasteiger partial charge on any atom is 0.275 e. The zero-order valence-corrected chi connectivity index (χ0v) is 15.6. The van der Waals surface area contributed by atoms with Crippen LogP contribution < -0.4 is 10.9 Å². The number of hydrogen-bond acceptors (Lipinski definition) is 4. The van der Waals surface area contributed by atoms with E-state index in [1.54, 1.807) is 18.5 Å². The highest BCUT2D eigenvalue weighted by molar-refractivity contribution is 6.42. The van der Waals surface area contributed by atoms with Gasteiger partial charge in [-0.2, -0.15) is 0 Å². The first-order chi connectivity index (χ1) is 12.6. The topological polar surface area (TPSA) is 82.9 Å². The summed E-state index contributed by atoms with van der Waals surface area (Å²) in [5, 5.41) is 13.0. The van der Waals surface area contributed by atoms with Crippen LogP contribution in [0.5, 0.6) is 0 Å². The zero-order chi connectivity index (χ0) is 18.5. The molecule has 0 spiro atoms. The van der Waals surface area contributed by atoms with Gasteiger partial charge in [0.1, 0.15) is 11.3 Å². The highest BCUT2D eigenvalue weighted by Gasteiger charge is 2.09. The average Bonchev–Trinajstić information content (AvgIpc) is 3.03. The highest BCUT2D eigenvalue weighted by Crippen LogP contribution is 2.23. The van der Waals surface area contributed by atoms with Crippen LogP contribution in [0.4, 0.5) is 5.82 Å². The normalized spacial score (nSPS) is 11.2. The maximum atomic E-state index is 12.4. The van der Waals surface area contributed by atoms with Gasteiger partial charge < -0.3 is 20.0 Å². The molecular weight excluding hydrogens is 375 g/mol. The van der Waals surface area contributed by atoms with Crippen molar-refractivity contribution in [1.29, 1.82) is 0 Å². The van der Waals surface area contributed by atoms with Crippen LogP contribution in [0, 0.1) is 0 Å². The fourth-order valence-corrected chi connectivity index (χ4v) is 3.11. The number of halogens is 2. The van der Waals surface area contributed by atoms with Crippen molar-refractivity contribution in [2.75, 3.05) is 11.9 Å². The molecule has 0 fully saturated rings. The van der Waals surface area contributed by atoms with Crippen LogP contribution in [0.3, 0.4) is 0 Å². The third kappa shape index (κ3) is 4.38. The Labute approximate surface area is 160 Å². The van der Waals surface area contributed by atoms with Gasteiger partial charge in [-0.25, -0.2) is 4.98 Å². The second-order valence-electron chi connectivity index (χ2n) is 6.07. The molecule has 138 valence electrons. The molecule has 8 heteroatoms. The van der Waals surface area contributed by atoms with Gasteiger partial charge in [-0.05, 0) is 37.0 Å². The van der Waals surface area contributed by atoms with Gasteiger partial charge in [-0.1, -0.05) is 29.3 Å². The van der Waals surface area contributed by atoms with Gasteiger partial charge in [-0.3, -0.25) is 4.79 Å². The lowest BCUT2D eigenvalue weighted by Crippen LogP contribution is -2.14. The number of anilines is 1. The second kappa shape index (κ2) is 8.58. The molecule has 6 nitrogen and oxygen atoms in total. The van der Waals surface area contributed by atoms with Crippen LogP contribution in [0.2, 0.25) is 10.0 Å². The summed E-state index contributed by atoms with van der Waals surface area (Å²) >= 11 is 11.9. The van der Waals surface area contributed by atoms with E-state index in [4.69, 9.17) is 28.3 Å². The second-order valence-corrected chi connectivity index (χ2v) is 6.88. The molecule has 26 heavy (non-hydrogen) atoms. The Morgan fingerprint density at radius 3 is 2.77 bits per heavy atom. The fourth-order valence-electron chi connectivity index (χ4n) is 2.79. The van der Waals surface area contributed by atoms with E-state index in [2.05, 4.69) is 15.3 Å². The number of nitrogens with zero attached hydrogens (tertiary/aromatic N) is 2. The smallest absolute Gasteiger partial charge is 0.275 e. The number of fused-ring (bicyclic) bond motifs is 1. The molecule has 0 saturated heterocycles. The minimum absolute atomic E-state index is 0.182. The first kappa shape index (κ1) is 18.8. The van der Waals surface area contributed by atoms with Crippen LogP contribution >= 0.6 is 23.2 Å². The molecule has 0 radical (unpaired) electrons. The lowest BCUT2D eigenvalue weighted by molar-refractivity contribution is 0.282. The Hall–Kier alpha value is -2.02. The van der Waals surface area contributed by atoms with Crippen LogP contribution in [0.25, 0.3) is 11.0 Å². The first-order valence-corrected chi connectivity index (χ1v) is 9.21. The molecule has 2 aromatic heterocycles. The lowest BCUT2D eigenvalue weighted by Gasteiger charge is -2.08. The van der Waals surface area contributed by atoms with Crippen molar-refractivity contribution in [2.45, 2.75) is 32.4 Å². The van der Waals surface area contributed by atoms with E-state index in [0.29, 0.717) is 40.0 Å². The van der Waals surface area contributed by atoms with Crippen molar-refractivity contribution in [2.24, 2.45) is 0 Å². The molecule has 0 amide bonds. The molecule has 3 N–H and O–H groups in total. The summed E-state index contributed by atoms with van der Waals surface area (Å²) < 4.78 is 1.86. The van der Waals surface area contributed by atoms with Crippen molar-refractivity contribution in [1.82, 2.24) is 14.5 Å². The van der Waals surface area contributed by atoms with E-state index in [0.717, 1.165) is 24.8 Å². The summed E-state index contributed by atoms with van der Waals surface area (Å²) in [6.07, 6.45) is 4.26. The van der Waals surface area contributed by atoms with Gasteiger partial charge >= 0.3 is 0 Å². The Balaban J connectivity index is 1.72. The van der Waals surface area contributed by atoms with E-state index < -0.39 is 0 Å². The number of nitrogens with one attached hydrogen (secondary N) is 2. The fraction of sp³-hybridized carbons (Fsp3) is 0.333. The quantitative estimate of drug-likeness (QED) is 0.507. The summed E-state index contributed by atoms with van der Waals surface area (Å²) in [6.45, 7) is 1.40. The van der Waals surface area contributed by atoms with Crippen molar-refractivity contribution < 1.29 is 5.11 Å². The van der Waals surface area contributed by atoms with Crippen molar-refractivity contribution >= 4 is 40.1 Å². The van der Waals surface area contributed by atoms with Crippen molar-refractivity contribution in [3.05, 3.63) is 56.6 Å². The monoisotopic (exact) mass is 394 g/mol. The molecular formula is C18H20Cl2N4O2. The zero-order valence-electron chi connectivity index (χ0n) is 14.1. The number of aryl methyl sites for hydroxylation is 1. The van der Waals surface area contributed by atoms with Gasteiger partial charge in [0.15, 0.2) is 0 Å². The number of benzene rings is 1. The van der Waals surface area contributed by atoms with E-state index in [1.165, 1.54) is 0 Å². The first-order valence-electron chi connectivity index (χ1n) is 8.45. The number of imidazole rings is 1. The molecule has 3 aromatic rings. The van der Waals surface area contributed by atoms with Gasteiger partial charge in [0.25, 0.3) is 5.56 Å². The maximum absolute atomic E-state index is 12.4. The van der Waals surface area contributed by atoms with Gasteiger partial charge in [-0.15, -0.1) is 0 Å². The largest absolute Gasteiger partial charge is 0.396 e. The minimum atomic E-state index is -0.182. The molecule has 2 heterocycles. The van der Waals surface area contributed by atoms with Crippen LogP contribution in [0.15, 0.2) is 35.4 Å². The summed E-state index contributed by atoms with van der Waals surface area (Å²) in [4.78, 5) is 19.6. The predicted molar refractivity (Wildman–Crippen MR) is 105 cm³/mol. The van der Waals surface area contributed by atoms with E-state index in [-0.39, 0.29) is 12.2 Å². The number of aromatic amines is 1. The summed E-state index contributed by atoms with van der Waals surface area (Å²) in [5.41, 5.74) is 1.98. The van der Waals surface area contributed by atoms with Gasteiger partial charge in [0.05, 0.1) is 21.9 Å². The molecule has 0 aliphatic carbocycles. The van der Waals surface area contributed by atoms with Crippen molar-refractivity contribution in [3.8, 4) is 0 Å². The van der Waals surface area contributed by atoms with E-state index in [9.17, 15) is 4.79 Å². The number of aliphatic hydroxyl groups is 1. The summed E-state index contributed by atoms with van der Waals surface area (Å²) in [6, 6.07) is 7.22. The number of aliphatic hydroxyl groups excluding tert-OH is 1. The summed E-state index contributed by atoms with van der Waals surface area (Å²) in [7, 11) is 0. The third-order valence-corrected chi connectivity index (χ3v) is 4.87. The molecule has 0 aliphatic heterocycles. The average molecular weight is 395 g/mol. The molecule has 0 saturated carbocycles. The van der Waals surface area contributed by atoms with E-state index in [1.807, 2.05) is 16.7 Å². The van der Waals surface area contributed by atoms with Crippen LogP contribution in [0.1, 0.15) is 24.8 Å². The number of H-pyrrole nitrogens is 1. The van der Waals surface area contributed by atoms with E-state index >= 15 is 0 Å². The van der Waals surface area contributed by atoms with Crippen LogP contribution in [-0.4, -0.2) is 26.2 Å². The highest BCUT2D eigenvalue weighted by atomic mass is 35.5. The molecule has 1 aromatic carbocycles. The molecule has 0 aliphatic rings. The molecule has 3 rings (SSSR count).